The van der Waals surface area contributed by atoms with Crippen molar-refractivity contribution in [3.05, 3.63) is 40.2 Å². The molecule has 0 fully saturated rings. The van der Waals surface area contributed by atoms with E-state index in [1.807, 2.05) is 0 Å². The van der Waals surface area contributed by atoms with Gasteiger partial charge in [-0.05, 0) is 23.8 Å². The zero-order valence-corrected chi connectivity index (χ0v) is 9.66. The number of aliphatic imine (C=N–C) groups is 1. The van der Waals surface area contributed by atoms with Crippen molar-refractivity contribution in [2.45, 2.75) is 0 Å². The van der Waals surface area contributed by atoms with Crippen LogP contribution in [0.25, 0.3) is 0 Å². The summed E-state index contributed by atoms with van der Waals surface area (Å²) in [5.41, 5.74) is 0.292. The van der Waals surface area contributed by atoms with Gasteiger partial charge in [-0.15, -0.1) is 0 Å². The molecule has 0 spiro atoms. The number of nitrogens with zero attached hydrogens (tertiary/aromatic N) is 2. The lowest BCUT2D eigenvalue weighted by atomic mass is 10.2. The molecular formula is C12H9N3O4. The summed E-state index contributed by atoms with van der Waals surface area (Å²) in [5, 5.41) is 9.18. The lowest BCUT2D eigenvalue weighted by molar-refractivity contribution is 0.174. The van der Waals surface area contributed by atoms with Crippen molar-refractivity contribution in [1.82, 2.24) is 9.97 Å². The maximum absolute atomic E-state index is 11.1. The molecule has 0 aliphatic carbocycles. The highest BCUT2D eigenvalue weighted by Gasteiger charge is 2.12. The third-order valence-corrected chi connectivity index (χ3v) is 2.45. The minimum atomic E-state index is -0.467. The van der Waals surface area contributed by atoms with Crippen molar-refractivity contribution in [1.29, 1.82) is 0 Å². The van der Waals surface area contributed by atoms with Crippen LogP contribution in [0.3, 0.4) is 0 Å². The topological polar surface area (TPSA) is 96.8 Å². The summed E-state index contributed by atoms with van der Waals surface area (Å²) < 4.78 is 10.4. The Morgan fingerprint density at radius 3 is 3.00 bits per heavy atom. The highest BCUT2D eigenvalue weighted by atomic mass is 16.7. The molecular weight excluding hydrogens is 250 g/mol. The molecule has 19 heavy (non-hydrogen) atoms. The summed E-state index contributed by atoms with van der Waals surface area (Å²) in [6.45, 7) is 0.206. The second-order valence-electron chi connectivity index (χ2n) is 3.80. The largest absolute Gasteiger partial charge is 0.493 e. The molecule has 2 N–H and O–H groups in total. The third-order valence-electron chi connectivity index (χ3n) is 2.45. The first-order valence-electron chi connectivity index (χ1n) is 5.45. The molecule has 7 nitrogen and oxygen atoms in total. The van der Waals surface area contributed by atoms with Crippen LogP contribution in [0, 0.1) is 0 Å². The monoisotopic (exact) mass is 259 g/mol. The number of hydrogen-bond acceptors (Lipinski definition) is 6. The van der Waals surface area contributed by atoms with Gasteiger partial charge in [0, 0.05) is 6.21 Å². The zero-order valence-electron chi connectivity index (χ0n) is 9.66. The number of hydrogen-bond donors (Lipinski definition) is 2. The Balaban J connectivity index is 1.88. The van der Waals surface area contributed by atoms with Crippen molar-refractivity contribution in [3.8, 4) is 17.4 Å². The van der Waals surface area contributed by atoms with Gasteiger partial charge in [-0.3, -0.25) is 9.78 Å². The summed E-state index contributed by atoms with van der Waals surface area (Å²) in [4.78, 5) is 21.1. The fraction of sp³-hybridized carbons (Fsp3) is 0.0833. The average molecular weight is 259 g/mol. The van der Waals surface area contributed by atoms with Crippen LogP contribution >= 0.6 is 0 Å². The van der Waals surface area contributed by atoms with Crippen LogP contribution in [0.2, 0.25) is 0 Å². The molecule has 0 bridgehead atoms. The van der Waals surface area contributed by atoms with E-state index in [0.29, 0.717) is 11.5 Å². The number of aromatic amines is 1. The predicted octanol–water partition coefficient (Wildman–Crippen LogP) is 0.955. The Hall–Kier alpha value is -2.83. The maximum Gasteiger partial charge on any atom is 0.256 e. The molecule has 0 atom stereocenters. The smallest absolute Gasteiger partial charge is 0.256 e. The molecule has 2 aromatic rings. The number of H-pyrrole nitrogens is 1. The van der Waals surface area contributed by atoms with Gasteiger partial charge in [-0.1, -0.05) is 0 Å². The molecule has 1 aromatic carbocycles. The lowest BCUT2D eigenvalue weighted by Crippen LogP contribution is -2.03. The molecule has 0 unspecified atom stereocenters. The Bertz CT molecular complexity index is 708. The fourth-order valence-corrected chi connectivity index (χ4v) is 1.62. The van der Waals surface area contributed by atoms with E-state index in [9.17, 15) is 9.90 Å². The van der Waals surface area contributed by atoms with Crippen molar-refractivity contribution in [2.24, 2.45) is 4.99 Å². The molecule has 1 aliphatic heterocycles. The summed E-state index contributed by atoms with van der Waals surface area (Å²) in [6.07, 6.45) is 1.50. The predicted molar refractivity (Wildman–Crippen MR) is 66.3 cm³/mol. The highest BCUT2D eigenvalue weighted by molar-refractivity contribution is 5.82. The molecule has 1 aliphatic rings. The number of fused-ring (bicyclic) bond motifs is 1. The van der Waals surface area contributed by atoms with Gasteiger partial charge in [-0.2, -0.15) is 4.98 Å². The zero-order chi connectivity index (χ0) is 13.2. The minimum Gasteiger partial charge on any atom is -0.493 e. The van der Waals surface area contributed by atoms with Crippen molar-refractivity contribution in [2.75, 3.05) is 6.79 Å². The second-order valence-corrected chi connectivity index (χ2v) is 3.80. The average Bonchev–Trinajstić information content (AvgIpc) is 2.82. The Morgan fingerprint density at radius 1 is 1.32 bits per heavy atom. The Labute approximate surface area is 107 Å². The van der Waals surface area contributed by atoms with Gasteiger partial charge >= 0.3 is 0 Å². The quantitative estimate of drug-likeness (QED) is 0.783. The molecule has 3 rings (SSSR count). The number of rotatable bonds is 2. The first-order chi connectivity index (χ1) is 9.20. The number of benzene rings is 1. The van der Waals surface area contributed by atoms with Crippen LogP contribution in [0.1, 0.15) is 5.56 Å². The summed E-state index contributed by atoms with van der Waals surface area (Å²) in [5.74, 6) is 0.978. The Morgan fingerprint density at radius 2 is 2.16 bits per heavy atom. The molecule has 0 radical (unpaired) electrons. The summed E-state index contributed by atoms with van der Waals surface area (Å²) >= 11 is 0. The third kappa shape index (κ3) is 2.39. The van der Waals surface area contributed by atoms with Crippen molar-refractivity contribution in [3.63, 3.8) is 0 Å². The Kier molecular flexibility index (Phi) is 2.64. The molecule has 0 amide bonds. The molecule has 7 heteroatoms. The number of ether oxygens (including phenoxy) is 2. The van der Waals surface area contributed by atoms with E-state index in [2.05, 4.69) is 15.0 Å². The van der Waals surface area contributed by atoms with Crippen molar-refractivity contribution < 1.29 is 14.6 Å². The van der Waals surface area contributed by atoms with E-state index in [0.717, 1.165) is 11.6 Å². The lowest BCUT2D eigenvalue weighted by Gasteiger charge is -1.97. The van der Waals surface area contributed by atoms with Crippen LogP contribution in [-0.2, 0) is 0 Å². The van der Waals surface area contributed by atoms with E-state index in [1.165, 1.54) is 6.21 Å². The van der Waals surface area contributed by atoms with Crippen molar-refractivity contribution >= 4 is 12.2 Å². The molecule has 2 heterocycles. The minimum absolute atomic E-state index is 0.0302. The number of nitrogens with one attached hydrogen (secondary N) is 1. The van der Waals surface area contributed by atoms with E-state index in [1.54, 1.807) is 18.2 Å². The summed E-state index contributed by atoms with van der Waals surface area (Å²) in [6, 6.07) is 6.28. The number of aromatic nitrogens is 2. The van der Waals surface area contributed by atoms with Gasteiger partial charge in [0.25, 0.3) is 5.56 Å². The van der Waals surface area contributed by atoms with Gasteiger partial charge in [0.05, 0.1) is 6.07 Å². The van der Waals surface area contributed by atoms with E-state index < -0.39 is 5.56 Å². The normalized spacial score (nSPS) is 13.1. The van der Waals surface area contributed by atoms with Crippen LogP contribution < -0.4 is 15.0 Å². The van der Waals surface area contributed by atoms with E-state index in [-0.39, 0.29) is 18.6 Å². The van der Waals surface area contributed by atoms with Crippen LogP contribution in [-0.4, -0.2) is 28.1 Å². The summed E-state index contributed by atoms with van der Waals surface area (Å²) in [7, 11) is 0. The standard InChI is InChI=1S/C12H9N3O4/c16-10-4-11(17)15-12(14-10)13-5-7-1-2-8-9(3-7)19-6-18-8/h1-5H,6H2,(H2,14,15,16,17). The van der Waals surface area contributed by atoms with Crippen LogP contribution in [0.5, 0.6) is 17.4 Å². The highest BCUT2D eigenvalue weighted by Crippen LogP contribution is 2.32. The van der Waals surface area contributed by atoms with Gasteiger partial charge in [0.1, 0.15) is 0 Å². The number of aromatic hydroxyl groups is 1. The molecule has 96 valence electrons. The molecule has 0 saturated heterocycles. The van der Waals surface area contributed by atoms with E-state index >= 15 is 0 Å². The fourth-order valence-electron chi connectivity index (χ4n) is 1.62. The van der Waals surface area contributed by atoms with Gasteiger partial charge in [0.15, 0.2) is 11.5 Å². The second kappa shape index (κ2) is 4.45. The first kappa shape index (κ1) is 11.3. The van der Waals surface area contributed by atoms with Gasteiger partial charge in [0.2, 0.25) is 18.6 Å². The van der Waals surface area contributed by atoms with Crippen LogP contribution in [0.4, 0.5) is 5.95 Å². The van der Waals surface area contributed by atoms with Gasteiger partial charge < -0.3 is 14.6 Å². The first-order valence-corrected chi connectivity index (χ1v) is 5.45. The SMILES string of the molecule is O=c1cc(O)nc(N=Cc2ccc3c(c2)OCO3)[nH]1. The van der Waals surface area contributed by atoms with Gasteiger partial charge in [-0.25, -0.2) is 4.99 Å². The molecule has 1 aromatic heterocycles. The molecule has 0 saturated carbocycles. The van der Waals surface area contributed by atoms with E-state index in [4.69, 9.17) is 9.47 Å². The maximum atomic E-state index is 11.1. The van der Waals surface area contributed by atoms with Crippen LogP contribution in [0.15, 0.2) is 34.1 Å².